The van der Waals surface area contributed by atoms with E-state index in [2.05, 4.69) is 15.8 Å². The summed E-state index contributed by atoms with van der Waals surface area (Å²) in [6, 6.07) is 5.58. The SMILES string of the molecule is CC(C)(C)NC(=O)C(=O)N/N=C\c1ccc([N+](=O)[O-])cc1. The monoisotopic (exact) mass is 292 g/mol. The Morgan fingerprint density at radius 3 is 2.24 bits per heavy atom. The van der Waals surface area contributed by atoms with E-state index >= 15 is 0 Å². The second-order valence-corrected chi connectivity index (χ2v) is 5.25. The Morgan fingerprint density at radius 1 is 1.19 bits per heavy atom. The number of hydrogen-bond acceptors (Lipinski definition) is 5. The molecule has 21 heavy (non-hydrogen) atoms. The number of carbonyl (C=O) groups is 2. The van der Waals surface area contributed by atoms with Crippen LogP contribution in [0, 0.1) is 10.1 Å². The Bertz CT molecular complexity index is 573. The first kappa shape index (κ1) is 16.3. The van der Waals surface area contributed by atoms with E-state index in [1.807, 2.05) is 0 Å². The molecule has 0 radical (unpaired) electrons. The van der Waals surface area contributed by atoms with Gasteiger partial charge in [-0.25, -0.2) is 5.43 Å². The van der Waals surface area contributed by atoms with Crippen molar-refractivity contribution in [2.75, 3.05) is 0 Å². The van der Waals surface area contributed by atoms with E-state index in [1.165, 1.54) is 30.5 Å². The molecule has 0 aliphatic heterocycles. The average Bonchev–Trinajstić information content (AvgIpc) is 2.37. The van der Waals surface area contributed by atoms with Crippen LogP contribution in [-0.2, 0) is 9.59 Å². The second kappa shape index (κ2) is 6.60. The zero-order valence-electron chi connectivity index (χ0n) is 11.9. The van der Waals surface area contributed by atoms with E-state index in [4.69, 9.17) is 0 Å². The topological polar surface area (TPSA) is 114 Å². The number of nitro groups is 1. The third-order valence-electron chi connectivity index (χ3n) is 2.18. The van der Waals surface area contributed by atoms with Crippen molar-refractivity contribution in [2.45, 2.75) is 26.3 Å². The summed E-state index contributed by atoms with van der Waals surface area (Å²) in [6.07, 6.45) is 1.28. The van der Waals surface area contributed by atoms with Crippen LogP contribution in [0.15, 0.2) is 29.4 Å². The molecule has 0 aromatic heterocycles. The summed E-state index contributed by atoms with van der Waals surface area (Å²) in [5.74, 6) is -1.67. The van der Waals surface area contributed by atoms with Crippen molar-refractivity contribution in [1.82, 2.24) is 10.7 Å². The van der Waals surface area contributed by atoms with Crippen molar-refractivity contribution < 1.29 is 14.5 Å². The Kier molecular flexibility index (Phi) is 5.12. The fraction of sp³-hybridized carbons (Fsp3) is 0.308. The molecule has 0 saturated heterocycles. The lowest BCUT2D eigenvalue weighted by molar-refractivity contribution is -0.384. The van der Waals surface area contributed by atoms with E-state index in [-0.39, 0.29) is 5.69 Å². The molecule has 0 unspecified atom stereocenters. The molecule has 2 amide bonds. The first-order chi connectivity index (χ1) is 9.69. The van der Waals surface area contributed by atoms with E-state index < -0.39 is 22.3 Å². The molecule has 1 aromatic rings. The number of carbonyl (C=O) groups excluding carboxylic acids is 2. The van der Waals surface area contributed by atoms with Crippen LogP contribution in [0.5, 0.6) is 0 Å². The van der Waals surface area contributed by atoms with Gasteiger partial charge in [-0.15, -0.1) is 0 Å². The molecule has 8 heteroatoms. The van der Waals surface area contributed by atoms with Crippen molar-refractivity contribution in [1.29, 1.82) is 0 Å². The Labute approximate surface area is 121 Å². The Morgan fingerprint density at radius 2 is 1.76 bits per heavy atom. The maximum absolute atomic E-state index is 11.4. The number of rotatable bonds is 3. The van der Waals surface area contributed by atoms with E-state index in [0.717, 1.165) is 0 Å². The Balaban J connectivity index is 2.56. The molecule has 0 saturated carbocycles. The maximum Gasteiger partial charge on any atom is 0.329 e. The molecule has 0 aliphatic carbocycles. The van der Waals surface area contributed by atoms with E-state index in [0.29, 0.717) is 5.56 Å². The minimum atomic E-state index is -0.886. The lowest BCUT2D eigenvalue weighted by Gasteiger charge is -2.19. The molecule has 0 heterocycles. The third-order valence-corrected chi connectivity index (χ3v) is 2.18. The lowest BCUT2D eigenvalue weighted by atomic mass is 10.1. The van der Waals surface area contributed by atoms with Crippen molar-refractivity contribution in [3.63, 3.8) is 0 Å². The number of amides is 2. The number of non-ortho nitro benzene ring substituents is 1. The van der Waals surface area contributed by atoms with Crippen LogP contribution >= 0.6 is 0 Å². The number of nitro benzene ring substituents is 1. The minimum Gasteiger partial charge on any atom is -0.343 e. The van der Waals surface area contributed by atoms with Crippen LogP contribution in [-0.4, -0.2) is 28.5 Å². The molecule has 0 atom stereocenters. The van der Waals surface area contributed by atoms with Crippen molar-refractivity contribution in [2.24, 2.45) is 5.10 Å². The van der Waals surface area contributed by atoms with Gasteiger partial charge < -0.3 is 5.32 Å². The molecule has 0 aliphatic rings. The number of nitrogens with zero attached hydrogens (tertiary/aromatic N) is 2. The lowest BCUT2D eigenvalue weighted by Crippen LogP contribution is -2.47. The summed E-state index contributed by atoms with van der Waals surface area (Å²) in [5.41, 5.74) is 2.07. The quantitative estimate of drug-likeness (QED) is 0.374. The van der Waals surface area contributed by atoms with Crippen molar-refractivity contribution >= 4 is 23.7 Å². The van der Waals surface area contributed by atoms with Crippen LogP contribution < -0.4 is 10.7 Å². The maximum atomic E-state index is 11.4. The van der Waals surface area contributed by atoms with Gasteiger partial charge in [0.05, 0.1) is 11.1 Å². The number of nitrogens with one attached hydrogen (secondary N) is 2. The van der Waals surface area contributed by atoms with Crippen LogP contribution in [0.4, 0.5) is 5.69 Å². The highest BCUT2D eigenvalue weighted by atomic mass is 16.6. The van der Waals surface area contributed by atoms with Gasteiger partial charge in [0.15, 0.2) is 0 Å². The van der Waals surface area contributed by atoms with Gasteiger partial charge in [0, 0.05) is 17.7 Å². The minimum absolute atomic E-state index is 0.0410. The van der Waals surface area contributed by atoms with E-state index in [9.17, 15) is 19.7 Å². The zero-order chi connectivity index (χ0) is 16.0. The normalized spacial score (nSPS) is 11.2. The van der Waals surface area contributed by atoms with Crippen LogP contribution in [0.2, 0.25) is 0 Å². The molecule has 112 valence electrons. The van der Waals surface area contributed by atoms with Gasteiger partial charge in [-0.1, -0.05) is 0 Å². The van der Waals surface area contributed by atoms with Gasteiger partial charge in [-0.05, 0) is 38.5 Å². The summed E-state index contributed by atoms with van der Waals surface area (Å²) in [4.78, 5) is 32.8. The van der Waals surface area contributed by atoms with Gasteiger partial charge >= 0.3 is 11.8 Å². The highest BCUT2D eigenvalue weighted by Gasteiger charge is 2.19. The second-order valence-electron chi connectivity index (χ2n) is 5.25. The van der Waals surface area contributed by atoms with Crippen molar-refractivity contribution in [3.05, 3.63) is 39.9 Å². The van der Waals surface area contributed by atoms with Gasteiger partial charge in [0.1, 0.15) is 0 Å². The molecule has 1 aromatic carbocycles. The number of benzene rings is 1. The summed E-state index contributed by atoms with van der Waals surface area (Å²) < 4.78 is 0. The van der Waals surface area contributed by atoms with Gasteiger partial charge in [0.25, 0.3) is 5.69 Å². The first-order valence-electron chi connectivity index (χ1n) is 6.09. The molecule has 2 N–H and O–H groups in total. The molecule has 0 bridgehead atoms. The van der Waals surface area contributed by atoms with Crippen LogP contribution in [0.25, 0.3) is 0 Å². The largest absolute Gasteiger partial charge is 0.343 e. The molecule has 8 nitrogen and oxygen atoms in total. The summed E-state index contributed by atoms with van der Waals surface area (Å²) in [5, 5.41) is 16.6. The molecular weight excluding hydrogens is 276 g/mol. The van der Waals surface area contributed by atoms with Gasteiger partial charge in [-0.3, -0.25) is 19.7 Å². The standard InChI is InChI=1S/C13H16N4O4/c1-13(2,3)15-11(18)12(19)16-14-8-9-4-6-10(7-5-9)17(20)21/h4-8H,1-3H3,(H,15,18)(H,16,19)/b14-8-. The molecule has 1 rings (SSSR count). The third kappa shape index (κ3) is 5.81. The van der Waals surface area contributed by atoms with Gasteiger partial charge in [-0.2, -0.15) is 5.10 Å². The predicted molar refractivity (Wildman–Crippen MR) is 76.7 cm³/mol. The predicted octanol–water partition coefficient (Wildman–Crippen LogP) is 0.960. The summed E-state index contributed by atoms with van der Waals surface area (Å²) in [7, 11) is 0. The fourth-order valence-electron chi connectivity index (χ4n) is 1.30. The van der Waals surface area contributed by atoms with Crippen LogP contribution in [0.1, 0.15) is 26.3 Å². The average molecular weight is 292 g/mol. The highest BCUT2D eigenvalue weighted by Crippen LogP contribution is 2.10. The highest BCUT2D eigenvalue weighted by molar-refractivity contribution is 6.35. The molecule has 0 fully saturated rings. The summed E-state index contributed by atoms with van der Waals surface area (Å²) >= 11 is 0. The zero-order valence-corrected chi connectivity index (χ0v) is 11.9. The Hall–Kier alpha value is -2.77. The number of hydrazone groups is 1. The smallest absolute Gasteiger partial charge is 0.329 e. The fourth-order valence-corrected chi connectivity index (χ4v) is 1.30. The van der Waals surface area contributed by atoms with Gasteiger partial charge in [0.2, 0.25) is 0 Å². The number of hydrogen-bond donors (Lipinski definition) is 2. The van der Waals surface area contributed by atoms with E-state index in [1.54, 1.807) is 20.8 Å². The molecule has 0 spiro atoms. The first-order valence-corrected chi connectivity index (χ1v) is 6.09. The molecular formula is C13H16N4O4. The van der Waals surface area contributed by atoms with Crippen molar-refractivity contribution in [3.8, 4) is 0 Å². The summed E-state index contributed by atoms with van der Waals surface area (Å²) in [6.45, 7) is 5.25. The van der Waals surface area contributed by atoms with Crippen LogP contribution in [0.3, 0.4) is 0 Å².